The Bertz CT molecular complexity index is 303. The van der Waals surface area contributed by atoms with E-state index in [2.05, 4.69) is 0 Å². The zero-order chi connectivity index (χ0) is 15.6. The first-order valence-electron chi connectivity index (χ1n) is 5.36. The highest BCUT2D eigenvalue weighted by Gasteiger charge is 2.57. The highest BCUT2D eigenvalue weighted by molar-refractivity contribution is 5.74. The Hall–Kier alpha value is -1.15. The number of halogens is 6. The maximum absolute atomic E-state index is 12.2. The third-order valence-corrected chi connectivity index (χ3v) is 2.58. The molecule has 2 N–H and O–H groups in total. The number of rotatable bonds is 2. The summed E-state index contributed by atoms with van der Waals surface area (Å²) in [6, 6.07) is -6.00. The summed E-state index contributed by atoms with van der Waals surface area (Å²) in [4.78, 5) is 11.2. The van der Waals surface area contributed by atoms with Crippen molar-refractivity contribution in [2.24, 2.45) is 5.41 Å². The van der Waals surface area contributed by atoms with Crippen molar-refractivity contribution >= 4 is 6.03 Å². The molecule has 0 saturated carbocycles. The summed E-state index contributed by atoms with van der Waals surface area (Å²) < 4.78 is 73.1. The van der Waals surface area contributed by atoms with E-state index in [4.69, 9.17) is 0 Å². The monoisotopic (exact) mass is 294 g/mol. The summed E-state index contributed by atoms with van der Waals surface area (Å²) in [5, 5.41) is 2.94. The number of hydrogen-bond donors (Lipinski definition) is 2. The van der Waals surface area contributed by atoms with Gasteiger partial charge >= 0.3 is 18.4 Å². The minimum atomic E-state index is -5.60. The number of amides is 2. The lowest BCUT2D eigenvalue weighted by Crippen LogP contribution is -2.58. The maximum Gasteiger partial charge on any atom is 0.417 e. The van der Waals surface area contributed by atoms with Gasteiger partial charge in [-0.05, 0) is 12.3 Å². The summed E-state index contributed by atoms with van der Waals surface area (Å²) in [5.74, 6) is 0. The van der Waals surface area contributed by atoms with Crippen LogP contribution in [0.15, 0.2) is 0 Å². The molecule has 2 amide bonds. The molecule has 0 aliphatic rings. The van der Waals surface area contributed by atoms with Gasteiger partial charge in [-0.25, -0.2) is 4.79 Å². The zero-order valence-electron chi connectivity index (χ0n) is 10.8. The van der Waals surface area contributed by atoms with Gasteiger partial charge in [-0.1, -0.05) is 20.8 Å². The second kappa shape index (κ2) is 5.46. The Kier molecular flexibility index (Phi) is 5.13. The first-order chi connectivity index (χ1) is 8.15. The predicted octanol–water partition coefficient (Wildman–Crippen LogP) is 3.21. The fraction of sp³-hybridized carbons (Fsp3) is 0.900. The molecule has 0 radical (unpaired) electrons. The van der Waals surface area contributed by atoms with Crippen LogP contribution in [0.3, 0.4) is 0 Å². The molecule has 0 aliphatic carbocycles. The van der Waals surface area contributed by atoms with Crippen LogP contribution in [0.4, 0.5) is 31.1 Å². The van der Waals surface area contributed by atoms with Gasteiger partial charge in [-0.15, -0.1) is 0 Å². The second-order valence-electron chi connectivity index (χ2n) is 5.22. The Balaban J connectivity index is 4.77. The van der Waals surface area contributed by atoms with Crippen LogP contribution in [-0.4, -0.2) is 30.5 Å². The third kappa shape index (κ3) is 6.02. The van der Waals surface area contributed by atoms with E-state index in [0.717, 1.165) is 5.32 Å². The molecule has 0 spiro atoms. The summed E-state index contributed by atoms with van der Waals surface area (Å²) in [5.41, 5.74) is -0.497. The lowest BCUT2D eigenvalue weighted by atomic mass is 9.88. The SMILES string of the molecule is CC(NC(=O)NC(C(F)(F)F)C(F)(F)F)C(C)(C)C. The smallest absolute Gasteiger partial charge is 0.335 e. The molecular formula is C10H16F6N2O. The molecule has 0 aromatic carbocycles. The fourth-order valence-corrected chi connectivity index (χ4v) is 0.935. The van der Waals surface area contributed by atoms with Gasteiger partial charge in [-0.2, -0.15) is 26.3 Å². The average Bonchev–Trinajstić information content (AvgIpc) is 2.08. The van der Waals surface area contributed by atoms with E-state index in [1.807, 2.05) is 5.32 Å². The van der Waals surface area contributed by atoms with Gasteiger partial charge < -0.3 is 10.6 Å². The molecule has 0 aromatic rings. The molecule has 0 fully saturated rings. The topological polar surface area (TPSA) is 41.1 Å². The summed E-state index contributed by atoms with van der Waals surface area (Å²) in [6.45, 7) is 6.53. The number of urea groups is 1. The first kappa shape index (κ1) is 17.8. The number of carbonyl (C=O) groups excluding carboxylic acids is 1. The second-order valence-corrected chi connectivity index (χ2v) is 5.22. The van der Waals surface area contributed by atoms with Crippen LogP contribution >= 0.6 is 0 Å². The van der Waals surface area contributed by atoms with Crippen molar-refractivity contribution in [3.05, 3.63) is 0 Å². The van der Waals surface area contributed by atoms with Crippen molar-refractivity contribution in [2.75, 3.05) is 0 Å². The van der Waals surface area contributed by atoms with E-state index >= 15 is 0 Å². The van der Waals surface area contributed by atoms with Crippen LogP contribution in [0.2, 0.25) is 0 Å². The standard InChI is InChI=1S/C10H16F6N2O/c1-5(8(2,3)4)17-7(19)18-6(9(11,12)13)10(14,15)16/h5-6H,1-4H3,(H2,17,18,19). The average molecular weight is 294 g/mol. The minimum absolute atomic E-state index is 0.497. The summed E-state index contributed by atoms with van der Waals surface area (Å²) >= 11 is 0. The Morgan fingerprint density at radius 1 is 0.895 bits per heavy atom. The number of hydrogen-bond acceptors (Lipinski definition) is 1. The summed E-state index contributed by atoms with van der Waals surface area (Å²) in [6.07, 6.45) is -11.2. The van der Waals surface area contributed by atoms with Gasteiger partial charge in [0.15, 0.2) is 0 Å². The minimum Gasteiger partial charge on any atom is -0.335 e. The van der Waals surface area contributed by atoms with Crippen molar-refractivity contribution in [1.29, 1.82) is 0 Å². The van der Waals surface area contributed by atoms with E-state index in [1.54, 1.807) is 20.8 Å². The van der Waals surface area contributed by atoms with Crippen molar-refractivity contribution in [1.82, 2.24) is 10.6 Å². The van der Waals surface area contributed by atoms with Crippen molar-refractivity contribution in [3.63, 3.8) is 0 Å². The van der Waals surface area contributed by atoms with Crippen LogP contribution in [-0.2, 0) is 0 Å². The van der Waals surface area contributed by atoms with Crippen LogP contribution in [0.1, 0.15) is 27.7 Å². The maximum atomic E-state index is 12.2. The van der Waals surface area contributed by atoms with E-state index in [1.165, 1.54) is 6.92 Å². The van der Waals surface area contributed by atoms with Gasteiger partial charge in [0.2, 0.25) is 6.04 Å². The van der Waals surface area contributed by atoms with Crippen LogP contribution < -0.4 is 10.6 Å². The molecule has 0 aromatic heterocycles. The molecule has 1 unspecified atom stereocenters. The van der Waals surface area contributed by atoms with Gasteiger partial charge in [0, 0.05) is 6.04 Å². The van der Waals surface area contributed by atoms with E-state index in [9.17, 15) is 31.1 Å². The molecule has 9 heteroatoms. The molecule has 0 bridgehead atoms. The number of carbonyl (C=O) groups is 1. The van der Waals surface area contributed by atoms with Gasteiger partial charge in [-0.3, -0.25) is 0 Å². The Labute approximate surface area is 106 Å². The highest BCUT2D eigenvalue weighted by Crippen LogP contribution is 2.33. The predicted molar refractivity (Wildman–Crippen MR) is 56.5 cm³/mol. The molecule has 0 heterocycles. The largest absolute Gasteiger partial charge is 0.417 e. The molecule has 114 valence electrons. The highest BCUT2D eigenvalue weighted by atomic mass is 19.4. The zero-order valence-corrected chi connectivity index (χ0v) is 10.8. The Morgan fingerprint density at radius 3 is 1.53 bits per heavy atom. The molecular weight excluding hydrogens is 278 g/mol. The van der Waals surface area contributed by atoms with Crippen molar-refractivity contribution in [2.45, 2.75) is 52.1 Å². The lowest BCUT2D eigenvalue weighted by molar-refractivity contribution is -0.255. The van der Waals surface area contributed by atoms with Crippen molar-refractivity contribution in [3.8, 4) is 0 Å². The van der Waals surface area contributed by atoms with Crippen LogP contribution in [0, 0.1) is 5.41 Å². The normalized spacial score (nSPS) is 15.3. The van der Waals surface area contributed by atoms with Crippen molar-refractivity contribution < 1.29 is 31.1 Å². The molecule has 0 aliphatic heterocycles. The molecule has 1 atom stereocenters. The van der Waals surface area contributed by atoms with E-state index in [-0.39, 0.29) is 0 Å². The fourth-order valence-electron chi connectivity index (χ4n) is 0.935. The number of nitrogens with one attached hydrogen (secondary N) is 2. The Morgan fingerprint density at radius 2 is 1.26 bits per heavy atom. The van der Waals surface area contributed by atoms with Crippen LogP contribution in [0.25, 0.3) is 0 Å². The van der Waals surface area contributed by atoms with Crippen LogP contribution in [0.5, 0.6) is 0 Å². The van der Waals surface area contributed by atoms with Gasteiger partial charge in [0.1, 0.15) is 0 Å². The van der Waals surface area contributed by atoms with Gasteiger partial charge in [0.05, 0.1) is 0 Å². The quantitative estimate of drug-likeness (QED) is 0.754. The number of alkyl halides is 6. The lowest BCUT2D eigenvalue weighted by Gasteiger charge is -2.30. The summed E-state index contributed by atoms with van der Waals surface area (Å²) in [7, 11) is 0. The van der Waals surface area contributed by atoms with E-state index < -0.39 is 35.9 Å². The first-order valence-corrected chi connectivity index (χ1v) is 5.36. The van der Waals surface area contributed by atoms with E-state index in [0.29, 0.717) is 0 Å². The van der Waals surface area contributed by atoms with Gasteiger partial charge in [0.25, 0.3) is 0 Å². The molecule has 0 rings (SSSR count). The molecule has 3 nitrogen and oxygen atoms in total. The molecule has 0 saturated heterocycles. The molecule has 19 heavy (non-hydrogen) atoms. The third-order valence-electron chi connectivity index (χ3n) is 2.58.